The minimum Gasteiger partial charge on any atom is -0.347 e. The zero-order valence-electron chi connectivity index (χ0n) is 15.0. The lowest BCUT2D eigenvalue weighted by atomic mass is 9.82. The third-order valence-corrected chi connectivity index (χ3v) is 6.36. The van der Waals surface area contributed by atoms with Gasteiger partial charge in [-0.05, 0) is 37.3 Å². The first-order valence-corrected chi connectivity index (χ1v) is 9.84. The van der Waals surface area contributed by atoms with E-state index in [0.29, 0.717) is 18.0 Å². The maximum Gasteiger partial charge on any atom is 0.221 e. The van der Waals surface area contributed by atoms with Crippen LogP contribution in [0, 0.1) is 5.92 Å². The van der Waals surface area contributed by atoms with Gasteiger partial charge in [0.25, 0.3) is 0 Å². The first-order valence-electron chi connectivity index (χ1n) is 9.03. The van der Waals surface area contributed by atoms with Gasteiger partial charge >= 0.3 is 0 Å². The van der Waals surface area contributed by atoms with E-state index < -0.39 is 0 Å². The van der Waals surface area contributed by atoms with E-state index >= 15 is 0 Å². The standard InChI is InChI=1S/C18H24N6OS/c1-11(25)20-14-5-3-4-12(8-14)17-22-23-18(26-17)24(2)15-6-7-16-13(9-15)10-19-21-16/h3-5,8,13,15-16,19,21H,6-7,9-10H2,1-2H3,(H,20,25). The molecular formula is C18H24N6OS. The molecule has 4 rings (SSSR count). The minimum atomic E-state index is -0.0775. The highest BCUT2D eigenvalue weighted by Gasteiger charge is 2.35. The normalized spacial score (nSPS) is 24.9. The fraction of sp³-hybridized carbons (Fsp3) is 0.500. The van der Waals surface area contributed by atoms with Gasteiger partial charge in [-0.2, -0.15) is 0 Å². The summed E-state index contributed by atoms with van der Waals surface area (Å²) in [5.41, 5.74) is 8.41. The highest BCUT2D eigenvalue weighted by molar-refractivity contribution is 7.18. The molecule has 1 aromatic carbocycles. The quantitative estimate of drug-likeness (QED) is 0.764. The Balaban J connectivity index is 1.48. The molecule has 1 saturated carbocycles. The van der Waals surface area contributed by atoms with Gasteiger partial charge < -0.3 is 10.2 Å². The molecule has 0 spiro atoms. The average Bonchev–Trinajstić information content (AvgIpc) is 3.29. The van der Waals surface area contributed by atoms with Crippen molar-refractivity contribution in [2.45, 2.75) is 38.3 Å². The summed E-state index contributed by atoms with van der Waals surface area (Å²) in [4.78, 5) is 13.5. The van der Waals surface area contributed by atoms with Crippen LogP contribution in [0.4, 0.5) is 10.8 Å². The topological polar surface area (TPSA) is 82.2 Å². The monoisotopic (exact) mass is 372 g/mol. The smallest absolute Gasteiger partial charge is 0.221 e. The van der Waals surface area contributed by atoms with Gasteiger partial charge in [0.05, 0.1) is 0 Å². The Bertz CT molecular complexity index is 793. The fourth-order valence-corrected chi connectivity index (χ4v) is 4.77. The molecule has 1 aliphatic heterocycles. The number of amides is 1. The first kappa shape index (κ1) is 17.4. The summed E-state index contributed by atoms with van der Waals surface area (Å²) in [6, 6.07) is 8.85. The summed E-state index contributed by atoms with van der Waals surface area (Å²) in [5.74, 6) is 0.615. The van der Waals surface area contributed by atoms with Crippen molar-refractivity contribution in [3.8, 4) is 10.6 Å². The molecule has 0 radical (unpaired) electrons. The van der Waals surface area contributed by atoms with Crippen LogP contribution < -0.4 is 21.1 Å². The zero-order valence-corrected chi connectivity index (χ0v) is 15.8. The first-order chi connectivity index (χ1) is 12.6. The number of nitrogens with zero attached hydrogens (tertiary/aromatic N) is 3. The summed E-state index contributed by atoms with van der Waals surface area (Å²) in [6.07, 6.45) is 3.53. The number of hydrogen-bond donors (Lipinski definition) is 3. The second kappa shape index (κ2) is 7.30. The van der Waals surface area contributed by atoms with E-state index in [1.807, 2.05) is 24.3 Å². The molecule has 0 bridgehead atoms. The van der Waals surface area contributed by atoms with Gasteiger partial charge in [0.15, 0.2) is 0 Å². The van der Waals surface area contributed by atoms with Crippen LogP contribution in [0.3, 0.4) is 0 Å². The molecule has 1 amide bonds. The Hall–Kier alpha value is -2.03. The van der Waals surface area contributed by atoms with Crippen molar-refractivity contribution in [1.29, 1.82) is 0 Å². The SMILES string of the molecule is CC(=O)Nc1cccc(-c2nnc(N(C)C3CCC4NNCC4C3)s2)c1. The largest absolute Gasteiger partial charge is 0.347 e. The van der Waals surface area contributed by atoms with Crippen molar-refractivity contribution < 1.29 is 4.79 Å². The van der Waals surface area contributed by atoms with Gasteiger partial charge in [-0.3, -0.25) is 15.6 Å². The summed E-state index contributed by atoms with van der Waals surface area (Å²) in [6.45, 7) is 2.56. The highest BCUT2D eigenvalue weighted by Crippen LogP contribution is 2.35. The third-order valence-electron chi connectivity index (χ3n) is 5.30. The molecule has 138 valence electrons. The van der Waals surface area contributed by atoms with Crippen LogP contribution in [-0.4, -0.2) is 41.8 Å². The number of anilines is 2. The molecule has 3 unspecified atom stereocenters. The molecule has 1 aromatic heterocycles. The number of hydrazine groups is 1. The molecule has 2 fully saturated rings. The van der Waals surface area contributed by atoms with Crippen LogP contribution in [-0.2, 0) is 4.79 Å². The molecule has 26 heavy (non-hydrogen) atoms. The molecule has 3 atom stereocenters. The van der Waals surface area contributed by atoms with Crippen molar-refractivity contribution in [2.75, 3.05) is 23.8 Å². The van der Waals surface area contributed by atoms with Crippen LogP contribution in [0.25, 0.3) is 10.6 Å². The molecule has 7 nitrogen and oxygen atoms in total. The lowest BCUT2D eigenvalue weighted by Gasteiger charge is -2.36. The Labute approximate surface area is 157 Å². The number of fused-ring (bicyclic) bond motifs is 1. The number of benzene rings is 1. The van der Waals surface area contributed by atoms with Crippen molar-refractivity contribution in [3.05, 3.63) is 24.3 Å². The van der Waals surface area contributed by atoms with Crippen LogP contribution in [0.2, 0.25) is 0 Å². The van der Waals surface area contributed by atoms with Crippen LogP contribution in [0.5, 0.6) is 0 Å². The zero-order chi connectivity index (χ0) is 18.1. The number of carbonyl (C=O) groups is 1. The molecule has 3 N–H and O–H groups in total. The highest BCUT2D eigenvalue weighted by atomic mass is 32.1. The van der Waals surface area contributed by atoms with Crippen LogP contribution in [0.15, 0.2) is 24.3 Å². The predicted molar refractivity (Wildman–Crippen MR) is 104 cm³/mol. The Morgan fingerprint density at radius 3 is 3.08 bits per heavy atom. The average molecular weight is 372 g/mol. The van der Waals surface area contributed by atoms with E-state index in [2.05, 4.69) is 38.3 Å². The maximum absolute atomic E-state index is 11.3. The lowest BCUT2D eigenvalue weighted by Crippen LogP contribution is -2.42. The number of nitrogens with one attached hydrogen (secondary N) is 3. The third kappa shape index (κ3) is 3.58. The van der Waals surface area contributed by atoms with E-state index in [1.54, 1.807) is 11.3 Å². The molecule has 1 saturated heterocycles. The molecule has 1 aliphatic carbocycles. The van der Waals surface area contributed by atoms with Crippen molar-refractivity contribution in [3.63, 3.8) is 0 Å². The van der Waals surface area contributed by atoms with Gasteiger partial charge in [-0.1, -0.05) is 23.5 Å². The van der Waals surface area contributed by atoms with Crippen molar-refractivity contribution in [1.82, 2.24) is 21.0 Å². The maximum atomic E-state index is 11.3. The molecule has 2 aliphatic rings. The van der Waals surface area contributed by atoms with Gasteiger partial charge in [-0.25, -0.2) is 0 Å². The van der Waals surface area contributed by atoms with Gasteiger partial charge in [-0.15, -0.1) is 10.2 Å². The Morgan fingerprint density at radius 1 is 1.35 bits per heavy atom. The van der Waals surface area contributed by atoms with Gasteiger partial charge in [0.1, 0.15) is 5.01 Å². The second-order valence-corrected chi connectivity index (χ2v) is 8.08. The van der Waals surface area contributed by atoms with Crippen molar-refractivity contribution >= 4 is 28.1 Å². The summed E-state index contributed by atoms with van der Waals surface area (Å²) in [5, 5.41) is 13.4. The summed E-state index contributed by atoms with van der Waals surface area (Å²) >= 11 is 1.60. The number of carbonyl (C=O) groups excluding carboxylic acids is 1. The summed E-state index contributed by atoms with van der Waals surface area (Å²) < 4.78 is 0. The van der Waals surface area contributed by atoms with E-state index in [9.17, 15) is 4.79 Å². The van der Waals surface area contributed by atoms with Crippen LogP contribution in [0.1, 0.15) is 26.2 Å². The molecule has 2 aromatic rings. The van der Waals surface area contributed by atoms with Gasteiger partial charge in [0.2, 0.25) is 11.0 Å². The fourth-order valence-electron chi connectivity index (χ4n) is 3.89. The van der Waals surface area contributed by atoms with E-state index in [4.69, 9.17) is 0 Å². The van der Waals surface area contributed by atoms with E-state index in [0.717, 1.165) is 27.9 Å². The van der Waals surface area contributed by atoms with Crippen LogP contribution >= 0.6 is 11.3 Å². The van der Waals surface area contributed by atoms with E-state index in [-0.39, 0.29) is 5.91 Å². The number of aromatic nitrogens is 2. The molecular weight excluding hydrogens is 348 g/mol. The molecule has 8 heteroatoms. The minimum absolute atomic E-state index is 0.0775. The predicted octanol–water partition coefficient (Wildman–Crippen LogP) is 2.24. The lowest BCUT2D eigenvalue weighted by molar-refractivity contribution is -0.114. The van der Waals surface area contributed by atoms with Gasteiger partial charge in [0, 0.05) is 43.9 Å². The Morgan fingerprint density at radius 2 is 2.23 bits per heavy atom. The second-order valence-electron chi connectivity index (χ2n) is 7.12. The number of rotatable bonds is 4. The van der Waals surface area contributed by atoms with E-state index in [1.165, 1.54) is 26.2 Å². The molecule has 2 heterocycles. The Kier molecular flexibility index (Phi) is 4.88. The summed E-state index contributed by atoms with van der Waals surface area (Å²) in [7, 11) is 2.12. The number of hydrogen-bond acceptors (Lipinski definition) is 7. The van der Waals surface area contributed by atoms with Crippen molar-refractivity contribution in [2.24, 2.45) is 5.92 Å².